The van der Waals surface area contributed by atoms with Crippen molar-refractivity contribution in [3.05, 3.63) is 120 Å². The van der Waals surface area contributed by atoms with Gasteiger partial charge in [0.25, 0.3) is 0 Å². The second-order valence-corrected chi connectivity index (χ2v) is 7.06. The number of ether oxygens (including phenoxy) is 1. The summed E-state index contributed by atoms with van der Waals surface area (Å²) in [6, 6.07) is 26.2. The Hall–Kier alpha value is -4.03. The average Bonchev–Trinajstić information content (AvgIpc) is 2.79. The van der Waals surface area contributed by atoms with Crippen molar-refractivity contribution >= 4 is 11.5 Å². The third-order valence-corrected chi connectivity index (χ3v) is 4.78. The molecule has 0 amide bonds. The van der Waals surface area contributed by atoms with Gasteiger partial charge in [-0.05, 0) is 42.3 Å². The van der Waals surface area contributed by atoms with Gasteiger partial charge in [-0.25, -0.2) is 0 Å². The van der Waals surface area contributed by atoms with Gasteiger partial charge in [-0.3, -0.25) is 4.79 Å². The number of hydrogen-bond acceptors (Lipinski definition) is 3. The minimum absolute atomic E-state index is 0.0386. The maximum absolute atomic E-state index is 12.8. The van der Waals surface area contributed by atoms with E-state index in [1.165, 1.54) is 0 Å². The molecule has 0 radical (unpaired) electrons. The summed E-state index contributed by atoms with van der Waals surface area (Å²) in [7, 11) is 0. The summed E-state index contributed by atoms with van der Waals surface area (Å²) in [5.41, 5.74) is 7.09. The quantitative estimate of drug-likeness (QED) is 0.293. The number of carbonyl (C=O) groups excluding carboxylic acids is 1. The van der Waals surface area contributed by atoms with Gasteiger partial charge in [0.1, 0.15) is 5.75 Å². The Morgan fingerprint density at radius 3 is 2.20 bits per heavy atom. The van der Waals surface area contributed by atoms with Gasteiger partial charge >= 0.3 is 0 Å². The number of allylic oxidation sites excluding steroid dienone is 2. The van der Waals surface area contributed by atoms with Crippen molar-refractivity contribution in [2.45, 2.75) is 5.60 Å². The van der Waals surface area contributed by atoms with Crippen LogP contribution in [0.25, 0.3) is 0 Å². The Kier molecular flexibility index (Phi) is 5.50. The molecule has 2 N–H and O–H groups in total. The Balaban J connectivity index is 1.64. The van der Waals surface area contributed by atoms with E-state index in [-0.39, 0.29) is 11.7 Å². The highest BCUT2D eigenvalue weighted by Crippen LogP contribution is 2.28. The molecule has 4 rings (SSSR count). The minimum Gasteiger partial charge on any atom is -0.467 e. The fraction of sp³-hybridized carbons (Fsp3) is 0.0741. The Morgan fingerprint density at radius 2 is 1.53 bits per heavy atom. The molecule has 1 aliphatic carbocycles. The van der Waals surface area contributed by atoms with Crippen LogP contribution in [0.4, 0.5) is 5.69 Å². The van der Waals surface area contributed by atoms with E-state index in [1.807, 2.05) is 97.1 Å². The molecule has 0 heterocycles. The summed E-state index contributed by atoms with van der Waals surface area (Å²) in [6.07, 6.45) is 7.39. The number of rotatable bonds is 4. The zero-order valence-corrected chi connectivity index (χ0v) is 16.4. The van der Waals surface area contributed by atoms with Crippen molar-refractivity contribution in [2.24, 2.45) is 5.92 Å². The van der Waals surface area contributed by atoms with Gasteiger partial charge in [0.05, 0.1) is 5.92 Å². The molecule has 0 fully saturated rings. The monoisotopic (exact) mass is 391 g/mol. The van der Waals surface area contributed by atoms with Crippen molar-refractivity contribution < 1.29 is 9.53 Å². The summed E-state index contributed by atoms with van der Waals surface area (Å²) in [6.45, 7) is 0. The third kappa shape index (κ3) is 4.51. The van der Waals surface area contributed by atoms with E-state index < -0.39 is 5.60 Å². The van der Waals surface area contributed by atoms with Gasteiger partial charge in [-0.15, -0.1) is 0 Å². The fourth-order valence-electron chi connectivity index (χ4n) is 3.22. The van der Waals surface area contributed by atoms with Gasteiger partial charge in [0.2, 0.25) is 5.60 Å². The molecule has 0 saturated carbocycles. The second-order valence-electron chi connectivity index (χ2n) is 7.06. The van der Waals surface area contributed by atoms with E-state index in [2.05, 4.69) is 11.8 Å². The largest absolute Gasteiger partial charge is 0.467 e. The predicted octanol–water partition coefficient (Wildman–Crippen LogP) is 5.06. The molecular formula is C27H21NO2. The lowest BCUT2D eigenvalue weighted by atomic mass is 9.88. The van der Waals surface area contributed by atoms with Crippen molar-refractivity contribution in [3.8, 4) is 17.6 Å². The number of nitrogens with two attached hydrogens (primary N) is 1. The number of nitrogen functional groups attached to an aromatic ring is 1. The van der Waals surface area contributed by atoms with Crippen LogP contribution in [0.15, 0.2) is 109 Å². The van der Waals surface area contributed by atoms with Crippen LogP contribution in [-0.4, -0.2) is 11.4 Å². The first-order valence-corrected chi connectivity index (χ1v) is 9.74. The Bertz CT molecular complexity index is 1140. The first-order valence-electron chi connectivity index (χ1n) is 9.74. The topological polar surface area (TPSA) is 52.3 Å². The van der Waals surface area contributed by atoms with Crippen LogP contribution >= 0.6 is 0 Å². The number of anilines is 1. The second kappa shape index (κ2) is 8.55. The van der Waals surface area contributed by atoms with E-state index in [0.717, 1.165) is 5.56 Å². The molecule has 0 aromatic heterocycles. The molecule has 0 unspecified atom stereocenters. The van der Waals surface area contributed by atoms with Crippen molar-refractivity contribution in [2.75, 3.05) is 5.73 Å². The highest BCUT2D eigenvalue weighted by atomic mass is 16.5. The SMILES string of the molecule is Nc1cccc(OC2(C#Cc3ccccc3)C=CC(C(=O)c3ccccc3)C=C2)c1. The van der Waals surface area contributed by atoms with Crippen molar-refractivity contribution in [1.82, 2.24) is 0 Å². The molecule has 0 bridgehead atoms. The zero-order chi connectivity index (χ0) is 20.8. The van der Waals surface area contributed by atoms with E-state index in [1.54, 1.807) is 12.1 Å². The van der Waals surface area contributed by atoms with Crippen LogP contribution in [-0.2, 0) is 0 Å². The lowest BCUT2D eigenvalue weighted by Crippen LogP contribution is -2.33. The standard InChI is InChI=1S/C27H21NO2/c28-24-12-7-13-25(20-24)30-27(17-14-21-8-3-1-4-9-21)18-15-23(16-19-27)26(29)22-10-5-2-6-11-22/h1-13,15-16,18-20,23H,28H2. The molecule has 0 saturated heterocycles. The summed E-state index contributed by atoms with van der Waals surface area (Å²) >= 11 is 0. The first kappa shape index (κ1) is 19.3. The smallest absolute Gasteiger partial charge is 0.207 e. The van der Waals surface area contributed by atoms with Crippen LogP contribution in [0.2, 0.25) is 0 Å². The van der Waals surface area contributed by atoms with Crippen molar-refractivity contribution in [3.63, 3.8) is 0 Å². The molecule has 1 aliphatic rings. The van der Waals surface area contributed by atoms with Gasteiger partial charge in [0.15, 0.2) is 5.78 Å². The van der Waals surface area contributed by atoms with Crippen LogP contribution in [0.3, 0.4) is 0 Å². The highest BCUT2D eigenvalue weighted by Gasteiger charge is 2.29. The van der Waals surface area contributed by atoms with Crippen LogP contribution in [0.5, 0.6) is 5.75 Å². The summed E-state index contributed by atoms with van der Waals surface area (Å²) in [5, 5.41) is 0. The van der Waals surface area contributed by atoms with Crippen LogP contribution in [0, 0.1) is 17.8 Å². The van der Waals surface area contributed by atoms with Gasteiger partial charge in [-0.2, -0.15) is 0 Å². The molecule has 3 aromatic rings. The fourth-order valence-corrected chi connectivity index (χ4v) is 3.22. The molecule has 0 atom stereocenters. The number of hydrogen-bond donors (Lipinski definition) is 1. The average molecular weight is 391 g/mol. The molecule has 0 spiro atoms. The highest BCUT2D eigenvalue weighted by molar-refractivity contribution is 6.00. The van der Waals surface area contributed by atoms with E-state index in [4.69, 9.17) is 10.5 Å². The molecule has 0 aliphatic heterocycles. The van der Waals surface area contributed by atoms with Crippen LogP contribution < -0.4 is 10.5 Å². The Labute approximate surface area is 176 Å². The number of benzene rings is 3. The summed E-state index contributed by atoms with van der Waals surface area (Å²) in [4.78, 5) is 12.8. The molecule has 3 aromatic carbocycles. The zero-order valence-electron chi connectivity index (χ0n) is 16.4. The molecule has 3 heteroatoms. The van der Waals surface area contributed by atoms with E-state index >= 15 is 0 Å². The maximum atomic E-state index is 12.8. The molecule has 30 heavy (non-hydrogen) atoms. The normalized spacial score (nSPS) is 19.5. The number of carbonyl (C=O) groups is 1. The summed E-state index contributed by atoms with van der Waals surface area (Å²) < 4.78 is 6.24. The third-order valence-electron chi connectivity index (χ3n) is 4.78. The first-order chi connectivity index (χ1) is 14.6. The van der Waals surface area contributed by atoms with Gasteiger partial charge < -0.3 is 10.5 Å². The Morgan fingerprint density at radius 1 is 0.867 bits per heavy atom. The lowest BCUT2D eigenvalue weighted by Gasteiger charge is -2.27. The predicted molar refractivity (Wildman–Crippen MR) is 120 cm³/mol. The molecular weight excluding hydrogens is 370 g/mol. The van der Waals surface area contributed by atoms with Crippen molar-refractivity contribution in [1.29, 1.82) is 0 Å². The van der Waals surface area contributed by atoms with Gasteiger partial charge in [0, 0.05) is 22.9 Å². The summed E-state index contributed by atoms with van der Waals surface area (Å²) in [5.74, 6) is 6.68. The minimum atomic E-state index is -0.989. The van der Waals surface area contributed by atoms with Crippen LogP contribution in [0.1, 0.15) is 15.9 Å². The maximum Gasteiger partial charge on any atom is 0.207 e. The lowest BCUT2D eigenvalue weighted by molar-refractivity contribution is 0.0962. The van der Waals surface area contributed by atoms with Gasteiger partial charge in [-0.1, -0.05) is 72.7 Å². The molecule has 146 valence electrons. The number of ketones is 1. The van der Waals surface area contributed by atoms with E-state index in [9.17, 15) is 4.79 Å². The van der Waals surface area contributed by atoms with E-state index in [0.29, 0.717) is 17.0 Å². The molecule has 3 nitrogen and oxygen atoms in total. The number of Topliss-reactive ketones (excluding diaryl/α,β-unsaturated/α-hetero) is 1.